The van der Waals surface area contributed by atoms with Crippen LogP contribution in [-0.2, 0) is 15.8 Å². The van der Waals surface area contributed by atoms with Crippen LogP contribution in [0.3, 0.4) is 0 Å². The zero-order valence-electron chi connectivity index (χ0n) is 17.1. The standard InChI is InChI=1S/C21H25F3N4O3/c1-10(11-3-5-12(6-4-11)21(22,23)24)28-20(19(25)31,9-16(27-28)18(30)26-2)17-14-7-13(29)8-15(14)17/h3-6,9-10,13-15,17,27,29H,7-8H2,1-2H3,(H2,25,31)(H,26,30)/t10-,13?,14-,15+,17?,20?/m0/s1. The second kappa shape index (κ2) is 7.23. The van der Waals surface area contributed by atoms with E-state index in [9.17, 15) is 27.9 Å². The van der Waals surface area contributed by atoms with Crippen molar-refractivity contribution in [1.29, 1.82) is 0 Å². The fraction of sp³-hybridized carbons (Fsp3) is 0.524. The molecule has 7 nitrogen and oxygen atoms in total. The van der Waals surface area contributed by atoms with Crippen molar-refractivity contribution < 1.29 is 27.9 Å². The second-order valence-corrected chi connectivity index (χ2v) is 8.58. The first-order valence-corrected chi connectivity index (χ1v) is 10.2. The highest BCUT2D eigenvalue weighted by Gasteiger charge is 2.69. The Morgan fingerprint density at radius 3 is 2.32 bits per heavy atom. The van der Waals surface area contributed by atoms with Crippen molar-refractivity contribution in [3.63, 3.8) is 0 Å². The van der Waals surface area contributed by atoms with Gasteiger partial charge < -0.3 is 21.6 Å². The van der Waals surface area contributed by atoms with Gasteiger partial charge in [-0.15, -0.1) is 0 Å². The SMILES string of the molecule is CNC(=O)C1=CC(C(N)=O)(C2[C@H]3CC(O)C[C@@H]23)N([C@@H](C)c2ccc(C(F)(F)F)cc2)N1. The molecule has 1 heterocycles. The number of amides is 2. The quantitative estimate of drug-likeness (QED) is 0.557. The number of rotatable bonds is 5. The summed E-state index contributed by atoms with van der Waals surface area (Å²) < 4.78 is 38.8. The zero-order chi connectivity index (χ0) is 22.7. The van der Waals surface area contributed by atoms with E-state index in [0.29, 0.717) is 18.4 Å². The van der Waals surface area contributed by atoms with Gasteiger partial charge >= 0.3 is 6.18 Å². The minimum absolute atomic E-state index is 0.0897. The number of aliphatic hydroxyl groups excluding tert-OH is 1. The van der Waals surface area contributed by atoms with Crippen LogP contribution in [0.2, 0.25) is 0 Å². The molecule has 6 atom stereocenters. The maximum Gasteiger partial charge on any atom is 0.416 e. The highest BCUT2D eigenvalue weighted by atomic mass is 19.4. The number of hydrogen-bond acceptors (Lipinski definition) is 5. The van der Waals surface area contributed by atoms with Crippen LogP contribution in [-0.4, -0.2) is 40.6 Å². The van der Waals surface area contributed by atoms with E-state index in [-0.39, 0.29) is 23.5 Å². The number of primary amides is 1. The van der Waals surface area contributed by atoms with Crippen molar-refractivity contribution in [3.05, 3.63) is 47.2 Å². The van der Waals surface area contributed by atoms with Crippen molar-refractivity contribution in [2.45, 2.75) is 43.6 Å². The lowest BCUT2D eigenvalue weighted by Crippen LogP contribution is -2.60. The Morgan fingerprint density at radius 2 is 1.84 bits per heavy atom. The summed E-state index contributed by atoms with van der Waals surface area (Å²) in [6, 6.07) is 4.12. The Morgan fingerprint density at radius 1 is 1.26 bits per heavy atom. The molecule has 10 heteroatoms. The second-order valence-electron chi connectivity index (χ2n) is 8.58. The maximum atomic E-state index is 12.9. The van der Waals surface area contributed by atoms with Gasteiger partial charge in [0.15, 0.2) is 0 Å². The van der Waals surface area contributed by atoms with Crippen LogP contribution in [0.25, 0.3) is 0 Å². The van der Waals surface area contributed by atoms with E-state index in [4.69, 9.17) is 5.73 Å². The van der Waals surface area contributed by atoms with E-state index < -0.39 is 41.2 Å². The van der Waals surface area contributed by atoms with Crippen LogP contribution < -0.4 is 16.5 Å². The van der Waals surface area contributed by atoms with Crippen molar-refractivity contribution in [1.82, 2.24) is 15.8 Å². The third kappa shape index (κ3) is 3.38. The van der Waals surface area contributed by atoms with Crippen molar-refractivity contribution in [2.24, 2.45) is 23.5 Å². The molecule has 1 aromatic carbocycles. The molecule has 2 aliphatic carbocycles. The topological polar surface area (TPSA) is 108 Å². The summed E-state index contributed by atoms with van der Waals surface area (Å²) in [5, 5.41) is 14.0. The predicted octanol–water partition coefficient (Wildman–Crippen LogP) is 1.46. The molecule has 2 amide bonds. The van der Waals surface area contributed by atoms with Gasteiger partial charge in [0.1, 0.15) is 11.2 Å². The fourth-order valence-electron chi connectivity index (χ4n) is 5.39. The molecule has 1 aliphatic heterocycles. The third-order valence-corrected chi connectivity index (χ3v) is 6.91. The minimum Gasteiger partial charge on any atom is -0.393 e. The molecule has 168 valence electrons. The number of carbonyl (C=O) groups is 2. The van der Waals surface area contributed by atoms with E-state index in [2.05, 4.69) is 10.7 Å². The van der Waals surface area contributed by atoms with Crippen LogP contribution in [0.4, 0.5) is 13.2 Å². The van der Waals surface area contributed by atoms with Crippen molar-refractivity contribution in [2.75, 3.05) is 7.05 Å². The van der Waals surface area contributed by atoms with Crippen LogP contribution >= 0.6 is 0 Å². The minimum atomic E-state index is -4.45. The van der Waals surface area contributed by atoms with Crippen LogP contribution in [0, 0.1) is 17.8 Å². The molecule has 2 saturated carbocycles. The average molecular weight is 438 g/mol. The van der Waals surface area contributed by atoms with Crippen LogP contribution in [0.5, 0.6) is 0 Å². The first-order valence-electron chi connectivity index (χ1n) is 10.2. The molecule has 3 unspecified atom stereocenters. The lowest BCUT2D eigenvalue weighted by molar-refractivity contribution is -0.137. The molecule has 1 aromatic rings. The lowest BCUT2D eigenvalue weighted by atomic mass is 9.84. The lowest BCUT2D eigenvalue weighted by Gasteiger charge is -2.40. The van der Waals surface area contributed by atoms with E-state index >= 15 is 0 Å². The van der Waals surface area contributed by atoms with Gasteiger partial charge in [-0.1, -0.05) is 12.1 Å². The summed E-state index contributed by atoms with van der Waals surface area (Å²) in [7, 11) is 1.46. The van der Waals surface area contributed by atoms with E-state index in [1.165, 1.54) is 25.3 Å². The first-order chi connectivity index (χ1) is 14.5. The van der Waals surface area contributed by atoms with Gasteiger partial charge in [0.05, 0.1) is 17.7 Å². The van der Waals surface area contributed by atoms with Crippen molar-refractivity contribution in [3.8, 4) is 0 Å². The van der Waals surface area contributed by atoms with Gasteiger partial charge in [-0.05, 0) is 61.3 Å². The van der Waals surface area contributed by atoms with Gasteiger partial charge in [0.2, 0.25) is 5.91 Å². The smallest absolute Gasteiger partial charge is 0.393 e. The Labute approximate surface area is 177 Å². The highest BCUT2D eigenvalue weighted by molar-refractivity contribution is 5.97. The molecule has 4 rings (SSSR count). The third-order valence-electron chi connectivity index (χ3n) is 6.91. The summed E-state index contributed by atoms with van der Waals surface area (Å²) in [6.45, 7) is 1.74. The molecule has 2 fully saturated rings. The van der Waals surface area contributed by atoms with E-state index in [1.54, 1.807) is 11.9 Å². The number of halogens is 3. The number of likely N-dealkylation sites (N-methyl/N-ethyl adjacent to an activating group) is 1. The Balaban J connectivity index is 1.71. The van der Waals surface area contributed by atoms with Gasteiger partial charge in [-0.3, -0.25) is 9.59 Å². The number of carbonyl (C=O) groups excluding carboxylic acids is 2. The largest absolute Gasteiger partial charge is 0.416 e. The molecule has 0 radical (unpaired) electrons. The monoisotopic (exact) mass is 438 g/mol. The highest BCUT2D eigenvalue weighted by Crippen LogP contribution is 2.64. The molecule has 31 heavy (non-hydrogen) atoms. The van der Waals surface area contributed by atoms with Crippen LogP contribution in [0.1, 0.15) is 36.9 Å². The first kappa shape index (κ1) is 21.6. The Kier molecular flexibility index (Phi) is 5.05. The number of nitrogens with zero attached hydrogens (tertiary/aromatic N) is 1. The number of hydrogen-bond donors (Lipinski definition) is 4. The molecular formula is C21H25F3N4O3. The molecule has 3 aliphatic rings. The number of hydrazine groups is 1. The van der Waals surface area contributed by atoms with Crippen LogP contribution in [0.15, 0.2) is 36.0 Å². The summed E-state index contributed by atoms with van der Waals surface area (Å²) in [5.41, 5.74) is 7.46. The number of nitrogens with one attached hydrogen (secondary N) is 2. The summed E-state index contributed by atoms with van der Waals surface area (Å²) in [4.78, 5) is 25.2. The van der Waals surface area contributed by atoms with Crippen molar-refractivity contribution >= 4 is 11.8 Å². The number of aliphatic hydroxyl groups is 1. The predicted molar refractivity (Wildman–Crippen MR) is 105 cm³/mol. The molecule has 0 spiro atoms. The molecule has 0 aromatic heterocycles. The maximum absolute atomic E-state index is 12.9. The molecule has 0 bridgehead atoms. The molecular weight excluding hydrogens is 413 g/mol. The number of alkyl halides is 3. The van der Waals surface area contributed by atoms with Gasteiger partial charge in [-0.25, -0.2) is 0 Å². The summed E-state index contributed by atoms with van der Waals surface area (Å²) >= 11 is 0. The Hall–Kier alpha value is -2.59. The zero-order valence-corrected chi connectivity index (χ0v) is 17.1. The molecule has 5 N–H and O–H groups in total. The number of nitrogens with two attached hydrogens (primary N) is 1. The number of fused-ring (bicyclic) bond motifs is 1. The van der Waals surface area contributed by atoms with E-state index in [1.807, 2.05) is 0 Å². The summed E-state index contributed by atoms with van der Waals surface area (Å²) in [5.74, 6) is -1.09. The Bertz CT molecular complexity index is 921. The van der Waals surface area contributed by atoms with Gasteiger partial charge in [0, 0.05) is 7.05 Å². The fourth-order valence-corrected chi connectivity index (χ4v) is 5.39. The normalized spacial score (nSPS) is 33.3. The summed E-state index contributed by atoms with van der Waals surface area (Å²) in [6.07, 6.45) is -2.24. The van der Waals surface area contributed by atoms with Gasteiger partial charge in [0.25, 0.3) is 5.91 Å². The average Bonchev–Trinajstić information content (AvgIpc) is 3.06. The van der Waals surface area contributed by atoms with Gasteiger partial charge in [-0.2, -0.15) is 18.2 Å². The van der Waals surface area contributed by atoms with E-state index in [0.717, 1.165) is 12.1 Å². The number of benzene rings is 1. The molecule has 0 saturated heterocycles.